The number of benzene rings is 8. The van der Waals surface area contributed by atoms with E-state index in [9.17, 15) is 0 Å². The standard InChI is InChI=1S/2C32H18N8.2Na.2H/c2*1-2-10-18-17(9-1)25-33-26(18)38-28-21-13-5-6-14-22(21)30(35-28)40-32-24-16-8-7-15-23(24)31(36-32)39-29-20-12-4-3-11-19(20)27(34-29)37-25;;;;/h2*1-16H,(H2,33,34,35,36,37,38,39,40);;;;. The SMILES string of the molecule is [NaH].[NaH].c1ccc2c(c1)-c1nc-2nc2[nH]c(nc3nc(nc4[nH]c(n1)c1ccccc41)-c1ccccc1-3)c1ccccc21.c1ccc2c(c1)-c1nc-2nc2[nH]c(nc3nc(nc4[nH]c(n1)c1ccccc41)-c1ccccc1-3)c1ccccc21. The maximum absolute atomic E-state index is 5.02. The van der Waals surface area contributed by atoms with E-state index < -0.39 is 0 Å². The van der Waals surface area contributed by atoms with Crippen LogP contribution >= 0.6 is 0 Å². The van der Waals surface area contributed by atoms with Crippen LogP contribution in [0.2, 0.25) is 0 Å². The van der Waals surface area contributed by atoms with Gasteiger partial charge in [-0.15, -0.1) is 0 Å². The molecule has 18 rings (SSSR count). The van der Waals surface area contributed by atoms with Gasteiger partial charge in [-0.2, -0.15) is 0 Å². The number of nitrogens with one attached hydrogen (secondary N) is 4. The number of hydrogen-bond acceptors (Lipinski definition) is 12. The Kier molecular flexibility index (Phi) is 11.9. The van der Waals surface area contributed by atoms with Crippen LogP contribution in [0.3, 0.4) is 0 Å². The van der Waals surface area contributed by atoms with Crippen LogP contribution in [0.15, 0.2) is 194 Å². The molecule has 0 fully saturated rings. The Morgan fingerprint density at radius 3 is 0.415 bits per heavy atom. The Morgan fingerprint density at radius 2 is 0.280 bits per heavy atom. The smallest absolute Gasteiger partial charge is 0.164 e. The summed E-state index contributed by atoms with van der Waals surface area (Å²) in [5.41, 5.74) is 12.9. The molecule has 6 aromatic heterocycles. The predicted octanol–water partition coefficient (Wildman–Crippen LogP) is 12.4. The van der Waals surface area contributed by atoms with Crippen molar-refractivity contribution in [2.75, 3.05) is 0 Å². The van der Waals surface area contributed by atoms with Crippen molar-refractivity contribution in [1.29, 1.82) is 0 Å². The summed E-state index contributed by atoms with van der Waals surface area (Å²) >= 11 is 0. The van der Waals surface area contributed by atoms with Gasteiger partial charge >= 0.3 is 59.1 Å². The van der Waals surface area contributed by atoms with E-state index >= 15 is 0 Å². The molecule has 4 aliphatic rings. The van der Waals surface area contributed by atoms with Crippen molar-refractivity contribution in [2.24, 2.45) is 0 Å². The second-order valence-electron chi connectivity index (χ2n) is 19.6. The topological polar surface area (TPSA) is 218 Å². The number of rotatable bonds is 0. The zero-order valence-corrected chi connectivity index (χ0v) is 41.8. The third-order valence-electron chi connectivity index (χ3n) is 14.9. The first-order valence-corrected chi connectivity index (χ1v) is 26.0. The van der Waals surface area contributed by atoms with Gasteiger partial charge in [-0.05, 0) is 0 Å². The molecule has 0 saturated heterocycles. The van der Waals surface area contributed by atoms with E-state index in [1.165, 1.54) is 0 Å². The Balaban J connectivity index is 0.000000137. The third kappa shape index (κ3) is 7.98. The Labute approximate surface area is 508 Å². The molecule has 16 bridgehead atoms. The molecule has 0 radical (unpaired) electrons. The Hall–Kier alpha value is -9.52. The zero-order chi connectivity index (χ0) is 52.4. The zero-order valence-electron chi connectivity index (χ0n) is 41.8. The molecule has 4 N–H and O–H groups in total. The van der Waals surface area contributed by atoms with Crippen LogP contribution < -0.4 is 0 Å². The molecule has 16 nitrogen and oxygen atoms in total. The molecule has 8 aromatic carbocycles. The second-order valence-corrected chi connectivity index (χ2v) is 19.6. The number of nitrogens with zero attached hydrogens (tertiary/aromatic N) is 12. The van der Waals surface area contributed by atoms with Gasteiger partial charge in [0, 0.05) is 87.6 Å². The molecule has 0 spiro atoms. The van der Waals surface area contributed by atoms with Crippen LogP contribution in [0.1, 0.15) is 0 Å². The summed E-state index contributed by atoms with van der Waals surface area (Å²) < 4.78 is 0. The average Bonchev–Trinajstić information content (AvgIpc) is 4.59. The first-order valence-electron chi connectivity index (χ1n) is 26.0. The molecule has 376 valence electrons. The summed E-state index contributed by atoms with van der Waals surface area (Å²) in [5.74, 6) is 4.78. The molecule has 10 heterocycles. The van der Waals surface area contributed by atoms with Crippen molar-refractivity contribution in [2.45, 2.75) is 0 Å². The van der Waals surface area contributed by atoms with Gasteiger partial charge in [-0.3, -0.25) is 0 Å². The fraction of sp³-hybridized carbons (Fsp3) is 0. The second kappa shape index (κ2) is 19.6. The van der Waals surface area contributed by atoms with E-state index in [4.69, 9.17) is 59.8 Å². The van der Waals surface area contributed by atoms with E-state index in [1.54, 1.807) is 0 Å². The van der Waals surface area contributed by atoms with Crippen LogP contribution in [0.4, 0.5) is 0 Å². The summed E-state index contributed by atoms with van der Waals surface area (Å²) in [5, 5.41) is 7.64. The minimum absolute atomic E-state index is 0. The number of fused-ring (bicyclic) bond motifs is 40. The number of hydrogen-bond donors (Lipinski definition) is 4. The normalized spacial score (nSPS) is 11.7. The molecule has 18 heteroatoms. The monoisotopic (exact) mass is 1080 g/mol. The van der Waals surface area contributed by atoms with Crippen LogP contribution in [0.25, 0.3) is 179 Å². The molecule has 0 aliphatic carbocycles. The van der Waals surface area contributed by atoms with Gasteiger partial charge in [0.25, 0.3) is 0 Å². The molecular weight excluding hydrogens is 1040 g/mol. The van der Waals surface area contributed by atoms with Crippen LogP contribution in [-0.4, -0.2) is 139 Å². The molecule has 0 amide bonds. The summed E-state index contributed by atoms with van der Waals surface area (Å²) in [7, 11) is 0. The van der Waals surface area contributed by atoms with Crippen molar-refractivity contribution in [3.63, 3.8) is 0 Å². The maximum atomic E-state index is 5.02. The molecule has 82 heavy (non-hydrogen) atoms. The van der Waals surface area contributed by atoms with Crippen molar-refractivity contribution in [1.82, 2.24) is 79.7 Å². The summed E-state index contributed by atoms with van der Waals surface area (Å²) in [6, 6.07) is 64.5. The van der Waals surface area contributed by atoms with Crippen LogP contribution in [-0.2, 0) is 0 Å². The molecule has 4 aliphatic heterocycles. The van der Waals surface area contributed by atoms with Crippen molar-refractivity contribution < 1.29 is 0 Å². The first-order chi connectivity index (χ1) is 39.6. The van der Waals surface area contributed by atoms with Gasteiger partial charge in [0.15, 0.2) is 46.6 Å². The van der Waals surface area contributed by atoms with Gasteiger partial charge in [-0.25, -0.2) is 59.8 Å². The predicted molar refractivity (Wildman–Crippen MR) is 326 cm³/mol. The van der Waals surface area contributed by atoms with E-state index in [2.05, 4.69) is 19.9 Å². The summed E-state index contributed by atoms with van der Waals surface area (Å²) in [6.07, 6.45) is 0. The third-order valence-corrected chi connectivity index (χ3v) is 14.9. The molecule has 0 atom stereocenters. The number of H-pyrrole nitrogens is 4. The van der Waals surface area contributed by atoms with Gasteiger partial charge < -0.3 is 19.9 Å². The maximum Gasteiger partial charge on any atom is 0.164 e. The molecular formula is C64H38N16Na2. The van der Waals surface area contributed by atoms with E-state index in [0.29, 0.717) is 91.8 Å². The Bertz CT molecular complexity index is 4400. The molecule has 14 aromatic rings. The van der Waals surface area contributed by atoms with Gasteiger partial charge in [0.2, 0.25) is 0 Å². The van der Waals surface area contributed by atoms with Crippen molar-refractivity contribution >= 4 is 147 Å². The Morgan fingerprint density at radius 1 is 0.159 bits per heavy atom. The van der Waals surface area contributed by atoms with Gasteiger partial charge in [-0.1, -0.05) is 194 Å². The minimum Gasteiger partial charge on any atom is -0.324 e. The summed E-state index contributed by atoms with van der Waals surface area (Å²) in [4.78, 5) is 73.5. The van der Waals surface area contributed by atoms with Gasteiger partial charge in [0.05, 0.1) is 0 Å². The minimum atomic E-state index is 0. The van der Waals surface area contributed by atoms with Crippen molar-refractivity contribution in [3.05, 3.63) is 194 Å². The fourth-order valence-corrected chi connectivity index (χ4v) is 11.2. The average molecular weight is 1080 g/mol. The number of aromatic amines is 4. The summed E-state index contributed by atoms with van der Waals surface area (Å²) in [6.45, 7) is 0. The largest absolute Gasteiger partial charge is 0.324 e. The van der Waals surface area contributed by atoms with Gasteiger partial charge in [0.1, 0.15) is 45.2 Å². The van der Waals surface area contributed by atoms with Crippen LogP contribution in [0.5, 0.6) is 0 Å². The van der Waals surface area contributed by atoms with E-state index in [1.807, 2.05) is 194 Å². The van der Waals surface area contributed by atoms with Crippen LogP contribution in [0, 0.1) is 0 Å². The fourth-order valence-electron chi connectivity index (χ4n) is 11.2. The van der Waals surface area contributed by atoms with Crippen molar-refractivity contribution in [3.8, 4) is 91.1 Å². The first kappa shape index (κ1) is 49.5. The molecule has 0 saturated carbocycles. The van der Waals surface area contributed by atoms with E-state index in [-0.39, 0.29) is 59.1 Å². The van der Waals surface area contributed by atoms with E-state index in [0.717, 1.165) is 87.6 Å². The number of aromatic nitrogens is 16. The quantitative estimate of drug-likeness (QED) is 0.104. The molecule has 0 unspecified atom stereocenters.